The van der Waals surface area contributed by atoms with Crippen LogP contribution in [0.1, 0.15) is 31.9 Å². The number of allylic oxidation sites excluding steroid dienone is 3. The van der Waals surface area contributed by atoms with Crippen molar-refractivity contribution < 1.29 is 19.0 Å². The van der Waals surface area contributed by atoms with E-state index in [1.807, 2.05) is 85.8 Å². The lowest BCUT2D eigenvalue weighted by Gasteiger charge is -2.35. The van der Waals surface area contributed by atoms with E-state index in [4.69, 9.17) is 24.2 Å². The van der Waals surface area contributed by atoms with Crippen LogP contribution in [0.2, 0.25) is 0 Å². The molecule has 1 N–H and O–H groups in total. The van der Waals surface area contributed by atoms with Crippen molar-refractivity contribution in [1.82, 2.24) is 14.9 Å². The van der Waals surface area contributed by atoms with Crippen LogP contribution in [0.25, 0.3) is 0 Å². The van der Waals surface area contributed by atoms with Gasteiger partial charge in [0, 0.05) is 51.8 Å². The zero-order valence-corrected chi connectivity index (χ0v) is 29.3. The first-order valence-corrected chi connectivity index (χ1v) is 17.1. The van der Waals surface area contributed by atoms with Gasteiger partial charge in [0.25, 0.3) is 0 Å². The van der Waals surface area contributed by atoms with Crippen LogP contribution in [0.3, 0.4) is 0 Å². The molecule has 1 aliphatic rings. The Morgan fingerprint density at radius 3 is 2.28 bits per heavy atom. The van der Waals surface area contributed by atoms with Crippen molar-refractivity contribution in [2.24, 2.45) is 0 Å². The molecule has 0 spiro atoms. The van der Waals surface area contributed by atoms with E-state index in [9.17, 15) is 4.79 Å². The van der Waals surface area contributed by atoms with Crippen molar-refractivity contribution in [2.75, 3.05) is 49.5 Å². The van der Waals surface area contributed by atoms with Crippen molar-refractivity contribution in [1.29, 1.82) is 0 Å². The van der Waals surface area contributed by atoms with Crippen LogP contribution < -0.4 is 19.7 Å². The fourth-order valence-electron chi connectivity index (χ4n) is 5.68. The van der Waals surface area contributed by atoms with Gasteiger partial charge >= 0.3 is 5.97 Å². The molecule has 2 heterocycles. The molecule has 0 amide bonds. The van der Waals surface area contributed by atoms with Crippen LogP contribution >= 0.6 is 0 Å². The summed E-state index contributed by atoms with van der Waals surface area (Å²) in [6.07, 6.45) is 8.02. The summed E-state index contributed by atoms with van der Waals surface area (Å²) < 4.78 is 17.9. The van der Waals surface area contributed by atoms with Gasteiger partial charge in [-0.05, 0) is 61.7 Å². The molecule has 4 aromatic rings. The number of hydrogen-bond acceptors (Lipinski definition) is 9. The minimum atomic E-state index is -1.21. The number of hydrogen-bond donors (Lipinski definition) is 1. The first kappa shape index (κ1) is 35.9. The number of carbonyl (C=O) groups is 1. The zero-order valence-electron chi connectivity index (χ0n) is 29.3. The number of carbonyl (C=O) groups excluding carboxylic acids is 1. The van der Waals surface area contributed by atoms with Gasteiger partial charge in [-0.2, -0.15) is 9.97 Å². The molecule has 1 aromatic heterocycles. The molecule has 0 saturated carbocycles. The molecule has 1 saturated heterocycles. The maximum Gasteiger partial charge on any atom is 0.350 e. The minimum Gasteiger partial charge on any atom is -0.476 e. The first-order chi connectivity index (χ1) is 24.4. The Labute approximate surface area is 295 Å². The van der Waals surface area contributed by atoms with E-state index in [0.29, 0.717) is 36.3 Å². The van der Waals surface area contributed by atoms with Crippen molar-refractivity contribution in [2.45, 2.75) is 39.3 Å². The third kappa shape index (κ3) is 10.3. The topological polar surface area (TPSA) is 89.0 Å². The second kappa shape index (κ2) is 17.8. The van der Waals surface area contributed by atoms with Crippen LogP contribution in [-0.4, -0.2) is 65.8 Å². The standard InChI is InChI=1S/C41H47N5O4/c1-5-8-15-32(6-2)30-42-40-43-37(46-26-24-45(25-27-46)31-34-16-11-9-12-17-34)28-38(44-40)49-35-22-20-33(21-23-35)29-41(4,39(47)48-7-3)50-36-18-13-10-14-19-36/h5-6,8-23,28H,1,7,24-27,29-31H2,2-4H3,(H,42,43,44)/b15-8-,32-6+. The normalized spacial score (nSPS) is 14.9. The number of aromatic nitrogens is 2. The Morgan fingerprint density at radius 2 is 1.62 bits per heavy atom. The van der Waals surface area contributed by atoms with Gasteiger partial charge in [0.1, 0.15) is 17.3 Å². The summed E-state index contributed by atoms with van der Waals surface area (Å²) in [7, 11) is 0. The summed E-state index contributed by atoms with van der Waals surface area (Å²) in [6, 6.07) is 29.4. The fraction of sp³-hybridized carbons (Fsp3) is 0.293. The molecule has 5 rings (SSSR count). The van der Waals surface area contributed by atoms with Gasteiger partial charge in [0.05, 0.1) is 6.61 Å². The highest BCUT2D eigenvalue weighted by Crippen LogP contribution is 2.29. The van der Waals surface area contributed by atoms with Gasteiger partial charge in [-0.1, -0.05) is 91.5 Å². The average Bonchev–Trinajstić information content (AvgIpc) is 3.14. The molecular formula is C41H47N5O4. The van der Waals surface area contributed by atoms with E-state index in [1.165, 1.54) is 5.56 Å². The van der Waals surface area contributed by atoms with Gasteiger partial charge < -0.3 is 24.4 Å². The molecule has 1 fully saturated rings. The monoisotopic (exact) mass is 673 g/mol. The predicted octanol–water partition coefficient (Wildman–Crippen LogP) is 7.63. The molecular weight excluding hydrogens is 626 g/mol. The molecule has 0 bridgehead atoms. The van der Waals surface area contributed by atoms with Gasteiger partial charge in [-0.25, -0.2) is 4.79 Å². The van der Waals surface area contributed by atoms with Crippen LogP contribution in [0, 0.1) is 0 Å². The number of nitrogens with one attached hydrogen (secondary N) is 1. The van der Waals surface area contributed by atoms with E-state index in [0.717, 1.165) is 49.7 Å². The Bertz CT molecular complexity index is 1740. The van der Waals surface area contributed by atoms with Gasteiger partial charge in [0.15, 0.2) is 0 Å². The SMILES string of the molecule is C=C/C=C\C(=C/C)CNc1nc(Oc2ccc(CC(C)(Oc3ccccc3)C(=O)OCC)cc2)cc(N2CCN(Cc3ccccc3)CC2)n1. The van der Waals surface area contributed by atoms with Gasteiger partial charge in [-0.15, -0.1) is 0 Å². The molecule has 3 aromatic carbocycles. The largest absolute Gasteiger partial charge is 0.476 e. The number of anilines is 2. The Balaban J connectivity index is 1.31. The maximum absolute atomic E-state index is 13.0. The van der Waals surface area contributed by atoms with Crippen LogP contribution in [0.15, 0.2) is 127 Å². The lowest BCUT2D eigenvalue weighted by molar-refractivity contribution is -0.160. The summed E-state index contributed by atoms with van der Waals surface area (Å²) >= 11 is 0. The number of benzene rings is 3. The van der Waals surface area contributed by atoms with Crippen molar-refractivity contribution >= 4 is 17.7 Å². The number of para-hydroxylation sites is 1. The number of rotatable bonds is 16. The number of esters is 1. The average molecular weight is 674 g/mol. The zero-order chi connectivity index (χ0) is 35.2. The summed E-state index contributed by atoms with van der Waals surface area (Å²) in [5, 5.41) is 3.38. The van der Waals surface area contributed by atoms with Gasteiger partial charge in [-0.3, -0.25) is 4.90 Å². The third-order valence-corrected chi connectivity index (χ3v) is 8.38. The Morgan fingerprint density at radius 1 is 0.920 bits per heavy atom. The molecule has 9 heteroatoms. The molecule has 50 heavy (non-hydrogen) atoms. The summed E-state index contributed by atoms with van der Waals surface area (Å²) in [6.45, 7) is 14.6. The molecule has 9 nitrogen and oxygen atoms in total. The summed E-state index contributed by atoms with van der Waals surface area (Å²) in [5.41, 5.74) is 2.09. The van der Waals surface area contributed by atoms with Crippen LogP contribution in [-0.2, 0) is 22.5 Å². The molecule has 0 aliphatic carbocycles. The molecule has 0 radical (unpaired) electrons. The minimum absolute atomic E-state index is 0.266. The van der Waals surface area contributed by atoms with E-state index in [2.05, 4.69) is 52.0 Å². The highest BCUT2D eigenvalue weighted by molar-refractivity contribution is 5.80. The highest BCUT2D eigenvalue weighted by atomic mass is 16.6. The maximum atomic E-state index is 13.0. The van der Waals surface area contributed by atoms with Crippen LogP contribution in [0.5, 0.6) is 17.4 Å². The predicted molar refractivity (Wildman–Crippen MR) is 200 cm³/mol. The van der Waals surface area contributed by atoms with Crippen molar-refractivity contribution in [3.63, 3.8) is 0 Å². The molecule has 1 aliphatic heterocycles. The quantitative estimate of drug-likeness (QED) is 0.0953. The second-order valence-corrected chi connectivity index (χ2v) is 12.2. The first-order valence-electron chi connectivity index (χ1n) is 17.1. The third-order valence-electron chi connectivity index (χ3n) is 8.38. The Kier molecular flexibility index (Phi) is 12.8. The van der Waals surface area contributed by atoms with E-state index in [-0.39, 0.29) is 6.61 Å². The smallest absolute Gasteiger partial charge is 0.350 e. The van der Waals surface area contributed by atoms with Crippen molar-refractivity contribution in [3.05, 3.63) is 139 Å². The van der Waals surface area contributed by atoms with E-state index >= 15 is 0 Å². The lowest BCUT2D eigenvalue weighted by atomic mass is 9.96. The lowest BCUT2D eigenvalue weighted by Crippen LogP contribution is -2.46. The van der Waals surface area contributed by atoms with Gasteiger partial charge in [0.2, 0.25) is 17.4 Å². The van der Waals surface area contributed by atoms with Crippen molar-refractivity contribution in [3.8, 4) is 17.4 Å². The summed E-state index contributed by atoms with van der Waals surface area (Å²) in [5.74, 6) is 2.52. The number of ether oxygens (including phenoxy) is 3. The van der Waals surface area contributed by atoms with E-state index in [1.54, 1.807) is 19.9 Å². The summed E-state index contributed by atoms with van der Waals surface area (Å²) in [4.78, 5) is 27.4. The number of piperazine rings is 1. The molecule has 260 valence electrons. The number of nitrogens with zero attached hydrogens (tertiary/aromatic N) is 4. The molecule has 1 unspecified atom stereocenters. The Hall–Kier alpha value is -5.41. The van der Waals surface area contributed by atoms with E-state index < -0.39 is 11.6 Å². The fourth-order valence-corrected chi connectivity index (χ4v) is 5.68. The van der Waals surface area contributed by atoms with Crippen LogP contribution in [0.4, 0.5) is 11.8 Å². The second-order valence-electron chi connectivity index (χ2n) is 12.2. The molecule has 1 atom stereocenters. The highest BCUT2D eigenvalue weighted by Gasteiger charge is 2.37.